The molecule has 0 spiro atoms. The van der Waals surface area contributed by atoms with E-state index < -0.39 is 0 Å². The van der Waals surface area contributed by atoms with Crippen LogP contribution >= 0.6 is 0 Å². The summed E-state index contributed by atoms with van der Waals surface area (Å²) < 4.78 is 0. The van der Waals surface area contributed by atoms with Crippen LogP contribution in [0.15, 0.2) is 59.4 Å². The zero-order chi connectivity index (χ0) is 17.1. The van der Waals surface area contributed by atoms with Crippen LogP contribution in [0.3, 0.4) is 0 Å². The van der Waals surface area contributed by atoms with Crippen molar-refractivity contribution < 1.29 is 4.79 Å². The van der Waals surface area contributed by atoms with Gasteiger partial charge >= 0.3 is 0 Å². The van der Waals surface area contributed by atoms with E-state index in [1.165, 1.54) is 0 Å². The van der Waals surface area contributed by atoms with Gasteiger partial charge in [0.05, 0.1) is 6.54 Å². The van der Waals surface area contributed by atoms with Crippen LogP contribution in [0.5, 0.6) is 0 Å². The molecule has 0 unspecified atom stereocenters. The number of aromatic amines is 1. The molecule has 24 heavy (non-hydrogen) atoms. The number of amides is 1. The quantitative estimate of drug-likeness (QED) is 0.795. The molecule has 0 fully saturated rings. The molecule has 1 aromatic heterocycles. The molecule has 0 saturated heterocycles. The number of aryl methyl sites for hydroxylation is 1. The first-order valence-electron chi connectivity index (χ1n) is 8.06. The lowest BCUT2D eigenvalue weighted by molar-refractivity contribution is -0.118. The van der Waals surface area contributed by atoms with Crippen LogP contribution in [-0.2, 0) is 11.3 Å². The number of fused-ring (bicyclic) bond motifs is 1. The topological polar surface area (TPSA) is 53.2 Å². The van der Waals surface area contributed by atoms with Crippen LogP contribution in [-0.4, -0.2) is 10.9 Å². The highest BCUT2D eigenvalue weighted by molar-refractivity contribution is 5.93. The van der Waals surface area contributed by atoms with E-state index >= 15 is 0 Å². The summed E-state index contributed by atoms with van der Waals surface area (Å²) in [4.78, 5) is 29.3. The second-order valence-electron chi connectivity index (χ2n) is 5.88. The minimum Gasteiger partial charge on any atom is -0.322 e. The maximum absolute atomic E-state index is 12.4. The van der Waals surface area contributed by atoms with Gasteiger partial charge in [-0.2, -0.15) is 0 Å². The monoisotopic (exact) mass is 320 g/mol. The number of nitrogens with zero attached hydrogens (tertiary/aromatic N) is 1. The van der Waals surface area contributed by atoms with Crippen LogP contribution in [0, 0.1) is 6.92 Å². The van der Waals surface area contributed by atoms with Gasteiger partial charge in [-0.1, -0.05) is 36.8 Å². The molecular formula is C20H20N2O2. The molecule has 0 saturated carbocycles. The summed E-state index contributed by atoms with van der Waals surface area (Å²) in [5, 5.41) is 0.974. The number of hydrogen-bond donors (Lipinski definition) is 1. The first kappa shape index (κ1) is 16.0. The van der Waals surface area contributed by atoms with Crippen molar-refractivity contribution in [2.24, 2.45) is 0 Å². The second-order valence-corrected chi connectivity index (χ2v) is 5.88. The smallest absolute Gasteiger partial charge is 0.253 e. The summed E-state index contributed by atoms with van der Waals surface area (Å²) in [6, 6.07) is 17.2. The van der Waals surface area contributed by atoms with Crippen molar-refractivity contribution in [1.29, 1.82) is 0 Å². The first-order valence-corrected chi connectivity index (χ1v) is 8.06. The van der Waals surface area contributed by atoms with Gasteiger partial charge in [0.1, 0.15) is 0 Å². The minimum atomic E-state index is -0.156. The highest BCUT2D eigenvalue weighted by Crippen LogP contribution is 2.19. The first-order chi connectivity index (χ1) is 11.6. The highest BCUT2D eigenvalue weighted by Gasteiger charge is 2.16. The van der Waals surface area contributed by atoms with E-state index in [0.717, 1.165) is 22.2 Å². The number of carbonyl (C=O) groups is 1. The number of anilines is 1. The number of H-pyrrole nitrogens is 1. The van der Waals surface area contributed by atoms with Crippen molar-refractivity contribution in [1.82, 2.24) is 4.98 Å². The van der Waals surface area contributed by atoms with Crippen molar-refractivity contribution in [3.8, 4) is 0 Å². The number of benzene rings is 2. The second kappa shape index (κ2) is 6.71. The number of pyridine rings is 1. The molecular weight excluding hydrogens is 300 g/mol. The van der Waals surface area contributed by atoms with Gasteiger partial charge in [-0.05, 0) is 42.6 Å². The third-order valence-electron chi connectivity index (χ3n) is 4.08. The molecule has 1 heterocycles. The fourth-order valence-electron chi connectivity index (χ4n) is 2.78. The summed E-state index contributed by atoms with van der Waals surface area (Å²) in [6.07, 6.45) is 0.388. The standard InChI is InChI=1S/C20H20N2O2/c1-3-19(23)22(17-7-5-4-6-8-17)13-16-12-15-11-14(2)9-10-18(15)21-20(16)24/h4-12H,3,13H2,1-2H3,(H,21,24). The summed E-state index contributed by atoms with van der Waals surface area (Å²) in [7, 11) is 0. The zero-order valence-electron chi connectivity index (χ0n) is 13.9. The van der Waals surface area contributed by atoms with Crippen LogP contribution in [0.2, 0.25) is 0 Å². The molecule has 4 nitrogen and oxygen atoms in total. The van der Waals surface area contributed by atoms with Gasteiger partial charge in [0, 0.05) is 23.2 Å². The molecule has 0 aliphatic heterocycles. The molecule has 4 heteroatoms. The van der Waals surface area contributed by atoms with Gasteiger partial charge in [0.15, 0.2) is 0 Å². The van der Waals surface area contributed by atoms with E-state index in [1.807, 2.05) is 68.4 Å². The lowest BCUT2D eigenvalue weighted by Crippen LogP contribution is -2.32. The van der Waals surface area contributed by atoms with Crippen LogP contribution in [0.1, 0.15) is 24.5 Å². The van der Waals surface area contributed by atoms with Crippen molar-refractivity contribution in [2.75, 3.05) is 4.90 Å². The maximum atomic E-state index is 12.4. The van der Waals surface area contributed by atoms with Crippen LogP contribution in [0.25, 0.3) is 10.9 Å². The van der Waals surface area contributed by atoms with Gasteiger partial charge in [-0.15, -0.1) is 0 Å². The third kappa shape index (κ3) is 3.23. The van der Waals surface area contributed by atoms with Crippen LogP contribution < -0.4 is 10.5 Å². The highest BCUT2D eigenvalue weighted by atomic mass is 16.2. The SMILES string of the molecule is CCC(=O)N(Cc1cc2cc(C)ccc2[nH]c1=O)c1ccccc1. The summed E-state index contributed by atoms with van der Waals surface area (Å²) in [5.41, 5.74) is 3.16. The van der Waals surface area contributed by atoms with E-state index in [4.69, 9.17) is 0 Å². The summed E-state index contributed by atoms with van der Waals surface area (Å²) in [5.74, 6) is -0.00932. The molecule has 0 aliphatic carbocycles. The Hall–Kier alpha value is -2.88. The predicted molar refractivity (Wildman–Crippen MR) is 97.2 cm³/mol. The van der Waals surface area contributed by atoms with Crippen molar-refractivity contribution in [2.45, 2.75) is 26.8 Å². The minimum absolute atomic E-state index is 0.00932. The molecule has 1 amide bonds. The number of rotatable bonds is 4. The number of carbonyl (C=O) groups excluding carboxylic acids is 1. The Morgan fingerprint density at radius 1 is 1.08 bits per heavy atom. The molecule has 0 aliphatic rings. The Balaban J connectivity index is 2.03. The number of aromatic nitrogens is 1. The van der Waals surface area contributed by atoms with Crippen molar-refractivity contribution in [3.05, 3.63) is 76.1 Å². The largest absolute Gasteiger partial charge is 0.322 e. The summed E-state index contributed by atoms with van der Waals surface area (Å²) in [6.45, 7) is 4.10. The maximum Gasteiger partial charge on any atom is 0.253 e. The summed E-state index contributed by atoms with van der Waals surface area (Å²) >= 11 is 0. The molecule has 1 N–H and O–H groups in total. The Bertz CT molecular complexity index is 929. The molecule has 0 bridgehead atoms. The van der Waals surface area contributed by atoms with E-state index in [1.54, 1.807) is 4.90 Å². The van der Waals surface area contributed by atoms with Crippen LogP contribution in [0.4, 0.5) is 5.69 Å². The molecule has 122 valence electrons. The number of para-hydroxylation sites is 1. The Morgan fingerprint density at radius 3 is 2.54 bits per heavy atom. The van der Waals surface area contributed by atoms with E-state index in [9.17, 15) is 9.59 Å². The van der Waals surface area contributed by atoms with Gasteiger partial charge in [0.25, 0.3) is 5.56 Å². The van der Waals surface area contributed by atoms with Gasteiger partial charge < -0.3 is 9.88 Å². The van der Waals surface area contributed by atoms with E-state index in [0.29, 0.717) is 12.0 Å². The van der Waals surface area contributed by atoms with Crippen molar-refractivity contribution in [3.63, 3.8) is 0 Å². The molecule has 3 aromatic rings. The Morgan fingerprint density at radius 2 is 1.83 bits per heavy atom. The molecule has 0 atom stereocenters. The fraction of sp³-hybridized carbons (Fsp3) is 0.200. The zero-order valence-corrected chi connectivity index (χ0v) is 13.9. The molecule has 2 aromatic carbocycles. The number of nitrogens with one attached hydrogen (secondary N) is 1. The van der Waals surface area contributed by atoms with E-state index in [-0.39, 0.29) is 18.0 Å². The normalized spacial score (nSPS) is 10.8. The lowest BCUT2D eigenvalue weighted by Gasteiger charge is -2.22. The number of hydrogen-bond acceptors (Lipinski definition) is 2. The molecule has 3 rings (SSSR count). The predicted octanol–water partition coefficient (Wildman–Crippen LogP) is 3.78. The van der Waals surface area contributed by atoms with Gasteiger partial charge in [-0.3, -0.25) is 9.59 Å². The third-order valence-corrected chi connectivity index (χ3v) is 4.08. The van der Waals surface area contributed by atoms with Gasteiger partial charge in [0.2, 0.25) is 5.91 Å². The van der Waals surface area contributed by atoms with E-state index in [2.05, 4.69) is 4.98 Å². The Labute approximate surface area is 140 Å². The average molecular weight is 320 g/mol. The Kier molecular flexibility index (Phi) is 4.47. The average Bonchev–Trinajstić information content (AvgIpc) is 2.60. The lowest BCUT2D eigenvalue weighted by atomic mass is 10.1. The molecule has 0 radical (unpaired) electrons. The van der Waals surface area contributed by atoms with Gasteiger partial charge in [-0.25, -0.2) is 0 Å². The fourth-order valence-corrected chi connectivity index (χ4v) is 2.78. The van der Waals surface area contributed by atoms with Crippen molar-refractivity contribution >= 4 is 22.5 Å².